The Kier molecular flexibility index (Phi) is 7.32. The van der Waals surface area contributed by atoms with Crippen LogP contribution in [-0.2, 0) is 5.41 Å². The van der Waals surface area contributed by atoms with E-state index in [1.165, 1.54) is 110 Å². The van der Waals surface area contributed by atoms with Crippen molar-refractivity contribution in [2.24, 2.45) is 0 Å². The van der Waals surface area contributed by atoms with Gasteiger partial charge in [-0.3, -0.25) is 4.57 Å². The summed E-state index contributed by atoms with van der Waals surface area (Å²) in [5.74, 6) is 0.608. The van der Waals surface area contributed by atoms with Gasteiger partial charge in [0.05, 0.1) is 16.4 Å². The Hall–Kier alpha value is -7.95. The van der Waals surface area contributed by atoms with Gasteiger partial charge >= 0.3 is 0 Å². The number of allylic oxidation sites excluding steroid dienone is 1. The lowest BCUT2D eigenvalue weighted by Crippen LogP contribution is -2.26. The highest BCUT2D eigenvalue weighted by Gasteiger charge is 2.52. The summed E-state index contributed by atoms with van der Waals surface area (Å²) < 4.78 is 2.21. The largest absolute Gasteiger partial charge is 0.278 e. The van der Waals surface area contributed by atoms with Crippen molar-refractivity contribution in [3.05, 3.63) is 222 Å². The molecule has 62 heavy (non-hydrogen) atoms. The molecule has 290 valence electrons. The first kappa shape index (κ1) is 34.9. The van der Waals surface area contributed by atoms with Crippen LogP contribution < -0.4 is 0 Å². The van der Waals surface area contributed by atoms with Gasteiger partial charge in [-0.05, 0) is 138 Å². The van der Waals surface area contributed by atoms with E-state index in [9.17, 15) is 0 Å². The van der Waals surface area contributed by atoms with Crippen molar-refractivity contribution < 1.29 is 0 Å². The summed E-state index contributed by atoms with van der Waals surface area (Å²) in [5.41, 5.74) is 19.4. The third-order valence-corrected chi connectivity index (χ3v) is 13.8. The van der Waals surface area contributed by atoms with Gasteiger partial charge in [0.25, 0.3) is 0 Å². The molecule has 1 spiro atoms. The number of hydrogen-bond donors (Lipinski definition) is 0. The van der Waals surface area contributed by atoms with Crippen LogP contribution in [0.15, 0.2) is 189 Å². The van der Waals surface area contributed by atoms with Crippen molar-refractivity contribution >= 4 is 49.4 Å². The lowest BCUT2D eigenvalue weighted by Gasteiger charge is -2.31. The van der Waals surface area contributed by atoms with Gasteiger partial charge in [0.2, 0.25) is 5.95 Å². The van der Waals surface area contributed by atoms with E-state index in [-0.39, 0.29) is 0 Å². The molecular weight excluding hydrogens is 753 g/mol. The van der Waals surface area contributed by atoms with E-state index in [1.807, 2.05) is 0 Å². The average molecular weight is 791 g/mol. The number of benzene rings is 9. The van der Waals surface area contributed by atoms with Crippen molar-refractivity contribution in [2.45, 2.75) is 19.3 Å². The van der Waals surface area contributed by atoms with E-state index < -0.39 is 5.41 Å². The molecule has 0 radical (unpaired) electrons. The smallest absolute Gasteiger partial charge is 0.237 e. The fraction of sp³-hybridized carbons (Fsp3) is 0.0517. The fourth-order valence-electron chi connectivity index (χ4n) is 11.3. The van der Waals surface area contributed by atoms with E-state index in [1.54, 1.807) is 12.7 Å². The molecule has 0 amide bonds. The van der Waals surface area contributed by atoms with E-state index in [0.717, 1.165) is 11.0 Å². The number of fused-ring (bicyclic) bond motifs is 15. The van der Waals surface area contributed by atoms with Crippen molar-refractivity contribution in [1.29, 1.82) is 0 Å². The minimum absolute atomic E-state index is 0.571. The molecular formula is C58H38N4. The van der Waals surface area contributed by atoms with Crippen LogP contribution >= 0.6 is 0 Å². The molecule has 13 rings (SSSR count). The van der Waals surface area contributed by atoms with Gasteiger partial charge in [-0.25, -0.2) is 15.0 Å². The van der Waals surface area contributed by atoms with Crippen molar-refractivity contribution in [1.82, 2.24) is 19.5 Å². The molecule has 9 aromatic carbocycles. The fourth-order valence-corrected chi connectivity index (χ4v) is 11.3. The molecule has 4 heteroatoms. The summed E-state index contributed by atoms with van der Waals surface area (Å²) in [4.78, 5) is 13.6. The van der Waals surface area contributed by atoms with Crippen LogP contribution in [0.1, 0.15) is 40.3 Å². The second-order valence-electron chi connectivity index (χ2n) is 16.7. The molecule has 0 N–H and O–H groups in total. The molecule has 2 aliphatic carbocycles. The molecule has 2 aromatic heterocycles. The summed E-state index contributed by atoms with van der Waals surface area (Å²) in [6, 6.07) is 63.6. The van der Waals surface area contributed by atoms with Crippen LogP contribution in [0.2, 0.25) is 0 Å². The molecule has 11 aromatic rings. The Morgan fingerprint density at radius 2 is 1.02 bits per heavy atom. The second-order valence-corrected chi connectivity index (χ2v) is 16.7. The first-order valence-corrected chi connectivity index (χ1v) is 21.4. The average Bonchev–Trinajstić information content (AvgIpc) is 3.92. The van der Waals surface area contributed by atoms with Crippen molar-refractivity contribution in [2.75, 3.05) is 0 Å². The van der Waals surface area contributed by atoms with E-state index in [4.69, 9.17) is 9.97 Å². The first-order valence-electron chi connectivity index (χ1n) is 21.4. The van der Waals surface area contributed by atoms with Crippen LogP contribution in [0.25, 0.3) is 99.9 Å². The van der Waals surface area contributed by atoms with Crippen LogP contribution in [0.5, 0.6) is 0 Å². The maximum Gasteiger partial charge on any atom is 0.237 e. The van der Waals surface area contributed by atoms with E-state index in [0.29, 0.717) is 5.95 Å². The third-order valence-electron chi connectivity index (χ3n) is 13.8. The zero-order valence-electron chi connectivity index (χ0n) is 34.3. The van der Waals surface area contributed by atoms with Gasteiger partial charge in [0.1, 0.15) is 12.7 Å². The van der Waals surface area contributed by atoms with E-state index >= 15 is 0 Å². The van der Waals surface area contributed by atoms with Crippen LogP contribution in [0.4, 0.5) is 0 Å². The molecule has 2 heterocycles. The van der Waals surface area contributed by atoms with Gasteiger partial charge in [0, 0.05) is 10.8 Å². The maximum atomic E-state index is 4.69. The Bertz CT molecular complexity index is 3670. The van der Waals surface area contributed by atoms with Crippen LogP contribution in [0, 0.1) is 6.92 Å². The molecule has 0 saturated carbocycles. The quantitative estimate of drug-likeness (QED) is 0.167. The molecule has 0 fully saturated rings. The molecule has 4 nitrogen and oxygen atoms in total. The monoisotopic (exact) mass is 790 g/mol. The topological polar surface area (TPSA) is 43.6 Å². The molecule has 2 aliphatic rings. The first-order chi connectivity index (χ1) is 30.7. The molecule has 1 unspecified atom stereocenters. The Labute approximate surface area is 359 Å². The molecule has 0 aliphatic heterocycles. The Morgan fingerprint density at radius 3 is 1.71 bits per heavy atom. The maximum absolute atomic E-state index is 4.69. The number of rotatable bonds is 4. The summed E-state index contributed by atoms with van der Waals surface area (Å²) >= 11 is 0. The second kappa shape index (κ2) is 13.0. The number of aromatic nitrogens is 4. The molecule has 0 bridgehead atoms. The SMILES string of the molecule is C/C=C\c1cccc(-c2c3ccccc3c(-c3ccc4c(c3)C3(c5ccccc5-4)c4ccccc4-c4cc5c6ccccc6n(-c6ncncn6)c5cc43)c3ccccc23)c1C. The lowest BCUT2D eigenvalue weighted by atomic mass is 9.70. The van der Waals surface area contributed by atoms with Crippen molar-refractivity contribution in [3.8, 4) is 50.5 Å². The Morgan fingerprint density at radius 1 is 0.452 bits per heavy atom. The van der Waals surface area contributed by atoms with Crippen LogP contribution in [0.3, 0.4) is 0 Å². The number of hydrogen-bond acceptors (Lipinski definition) is 3. The van der Waals surface area contributed by atoms with Crippen LogP contribution in [-0.4, -0.2) is 19.5 Å². The Balaban J connectivity index is 1.13. The van der Waals surface area contributed by atoms with Gasteiger partial charge in [0.15, 0.2) is 0 Å². The number of para-hydroxylation sites is 1. The highest BCUT2D eigenvalue weighted by Crippen LogP contribution is 2.64. The number of nitrogens with zero attached hydrogens (tertiary/aromatic N) is 4. The zero-order valence-corrected chi connectivity index (χ0v) is 34.3. The molecule has 1 atom stereocenters. The lowest BCUT2D eigenvalue weighted by molar-refractivity contribution is 0.794. The minimum Gasteiger partial charge on any atom is -0.278 e. The predicted octanol–water partition coefficient (Wildman–Crippen LogP) is 14.3. The summed E-state index contributed by atoms with van der Waals surface area (Å²) in [6.07, 6.45) is 7.51. The van der Waals surface area contributed by atoms with Gasteiger partial charge in [-0.2, -0.15) is 0 Å². The summed E-state index contributed by atoms with van der Waals surface area (Å²) in [6.45, 7) is 4.35. The highest BCUT2D eigenvalue weighted by atomic mass is 15.2. The summed E-state index contributed by atoms with van der Waals surface area (Å²) in [7, 11) is 0. The van der Waals surface area contributed by atoms with Gasteiger partial charge < -0.3 is 0 Å². The van der Waals surface area contributed by atoms with Crippen molar-refractivity contribution in [3.63, 3.8) is 0 Å². The zero-order chi connectivity index (χ0) is 41.1. The van der Waals surface area contributed by atoms with Gasteiger partial charge in [-0.1, -0.05) is 158 Å². The minimum atomic E-state index is -0.571. The highest BCUT2D eigenvalue weighted by molar-refractivity contribution is 6.22. The van der Waals surface area contributed by atoms with E-state index in [2.05, 4.69) is 205 Å². The standard InChI is InChI=1S/C58H38N4/c1-3-15-36-16-14-24-38(35(36)2)56-45-22-6-4-20-43(45)55(44-21-5-7-23-46(44)56)37-28-29-41-39-17-8-11-25-49(39)58(51(41)30-37)50-26-12-9-18-40(50)47-31-48-42-19-10-13-27-53(42)62(54(48)32-52(47)58)57-60-33-59-34-61-57/h3-34H,1-2H3/b15-3-. The summed E-state index contributed by atoms with van der Waals surface area (Å²) in [5, 5.41) is 7.35. The predicted molar refractivity (Wildman–Crippen MR) is 256 cm³/mol. The third kappa shape index (κ3) is 4.53. The normalized spacial score (nSPS) is 14.9. The van der Waals surface area contributed by atoms with Gasteiger partial charge in [-0.15, -0.1) is 0 Å². The molecule has 0 saturated heterocycles.